The molecule has 1 atom stereocenters. The molecule has 8 heteroatoms. The van der Waals surface area contributed by atoms with Crippen LogP contribution in [0.15, 0.2) is 65.8 Å². The van der Waals surface area contributed by atoms with Gasteiger partial charge in [-0.25, -0.2) is 0 Å². The highest BCUT2D eigenvalue weighted by atomic mass is 19.4. The monoisotopic (exact) mass is 535 g/mol. The molecule has 0 saturated carbocycles. The summed E-state index contributed by atoms with van der Waals surface area (Å²) < 4.78 is 41.5. The molecule has 0 fully saturated rings. The number of rotatable bonds is 9. The number of halogens is 3. The molecular formula is C31H32F3N3O2. The Kier molecular flexibility index (Phi) is 8.23. The average molecular weight is 536 g/mol. The van der Waals surface area contributed by atoms with Crippen molar-refractivity contribution in [3.05, 3.63) is 88.6 Å². The van der Waals surface area contributed by atoms with Crippen molar-refractivity contribution in [2.24, 2.45) is 10.9 Å². The van der Waals surface area contributed by atoms with Crippen LogP contribution in [0.1, 0.15) is 60.5 Å². The molecule has 4 aromatic rings. The maximum atomic E-state index is 13.2. The van der Waals surface area contributed by atoms with Gasteiger partial charge in [0, 0.05) is 24.3 Å². The summed E-state index contributed by atoms with van der Waals surface area (Å²) in [6, 6.07) is 15.9. The fraction of sp³-hybridized carbons (Fsp3) is 0.323. The van der Waals surface area contributed by atoms with Crippen LogP contribution in [0.4, 0.5) is 13.2 Å². The number of carbonyl (C=O) groups is 1. The van der Waals surface area contributed by atoms with Gasteiger partial charge in [-0.05, 0) is 83.8 Å². The Hall–Kier alpha value is -3.94. The summed E-state index contributed by atoms with van der Waals surface area (Å²) in [5.74, 6) is -0.464. The van der Waals surface area contributed by atoms with Crippen molar-refractivity contribution in [1.29, 1.82) is 0 Å². The molecule has 0 amide bonds. The van der Waals surface area contributed by atoms with Gasteiger partial charge in [0.1, 0.15) is 0 Å². The minimum Gasteiger partial charge on any atom is -0.481 e. The van der Waals surface area contributed by atoms with E-state index in [9.17, 15) is 18.0 Å². The quantitative estimate of drug-likeness (QED) is 0.222. The Balaban J connectivity index is 1.66. The zero-order valence-corrected chi connectivity index (χ0v) is 22.5. The highest BCUT2D eigenvalue weighted by Gasteiger charge is 2.30. The van der Waals surface area contributed by atoms with Crippen molar-refractivity contribution in [2.45, 2.75) is 52.8 Å². The number of fused-ring (bicyclic) bond motifs is 1. The summed E-state index contributed by atoms with van der Waals surface area (Å²) in [7, 11) is 0. The van der Waals surface area contributed by atoms with Gasteiger partial charge in [0.25, 0.3) is 0 Å². The Bertz CT molecular complexity index is 1500. The van der Waals surface area contributed by atoms with Crippen LogP contribution in [-0.2, 0) is 11.0 Å². The Labute approximate surface area is 226 Å². The fourth-order valence-electron chi connectivity index (χ4n) is 4.76. The molecule has 0 saturated heterocycles. The Morgan fingerprint density at radius 1 is 1.03 bits per heavy atom. The minimum absolute atomic E-state index is 0.00245. The van der Waals surface area contributed by atoms with Crippen LogP contribution in [0.2, 0.25) is 0 Å². The first kappa shape index (κ1) is 28.1. The van der Waals surface area contributed by atoms with E-state index >= 15 is 0 Å². The second-order valence-electron chi connectivity index (χ2n) is 10.4. The lowest BCUT2D eigenvalue weighted by Crippen LogP contribution is -2.14. The van der Waals surface area contributed by atoms with Crippen LogP contribution in [0.5, 0.6) is 0 Å². The zero-order chi connectivity index (χ0) is 28.3. The van der Waals surface area contributed by atoms with Gasteiger partial charge < -0.3 is 5.11 Å². The number of hydrogen-bond acceptors (Lipinski definition) is 3. The molecule has 4 rings (SSSR count). The number of hydrogen-bond donors (Lipinski definition) is 1. The number of alkyl halides is 3. The van der Waals surface area contributed by atoms with Crippen LogP contribution in [0.3, 0.4) is 0 Å². The van der Waals surface area contributed by atoms with E-state index < -0.39 is 17.7 Å². The lowest BCUT2D eigenvalue weighted by molar-refractivity contribution is -0.138. The van der Waals surface area contributed by atoms with E-state index in [-0.39, 0.29) is 19.0 Å². The number of aryl methyl sites for hydroxylation is 2. The van der Waals surface area contributed by atoms with E-state index in [1.807, 2.05) is 54.2 Å². The van der Waals surface area contributed by atoms with E-state index in [0.29, 0.717) is 11.5 Å². The van der Waals surface area contributed by atoms with Crippen molar-refractivity contribution in [1.82, 2.24) is 9.78 Å². The molecule has 204 valence electrons. The van der Waals surface area contributed by atoms with Crippen molar-refractivity contribution >= 4 is 23.1 Å². The summed E-state index contributed by atoms with van der Waals surface area (Å²) in [6.45, 7) is 8.22. The van der Waals surface area contributed by atoms with Gasteiger partial charge in [-0.2, -0.15) is 18.3 Å². The van der Waals surface area contributed by atoms with E-state index in [2.05, 4.69) is 18.8 Å². The third kappa shape index (κ3) is 6.74. The van der Waals surface area contributed by atoms with Gasteiger partial charge in [-0.15, -0.1) is 0 Å². The van der Waals surface area contributed by atoms with Crippen molar-refractivity contribution in [2.75, 3.05) is 6.54 Å². The first-order valence-electron chi connectivity index (χ1n) is 12.9. The van der Waals surface area contributed by atoms with Crippen LogP contribution in [-0.4, -0.2) is 33.6 Å². The molecule has 0 aliphatic rings. The predicted octanol–water partition coefficient (Wildman–Crippen LogP) is 7.87. The van der Waals surface area contributed by atoms with Gasteiger partial charge in [-0.3, -0.25) is 14.5 Å². The lowest BCUT2D eigenvalue weighted by Gasteiger charge is -2.20. The van der Waals surface area contributed by atoms with Crippen molar-refractivity contribution in [3.8, 4) is 11.1 Å². The number of carboxylic acid groups (broad SMARTS) is 1. The summed E-state index contributed by atoms with van der Waals surface area (Å²) >= 11 is 0. The highest BCUT2D eigenvalue weighted by molar-refractivity contribution is 5.87. The third-order valence-electron chi connectivity index (χ3n) is 6.74. The van der Waals surface area contributed by atoms with Crippen LogP contribution < -0.4 is 0 Å². The molecule has 1 heterocycles. The molecular weight excluding hydrogens is 503 g/mol. The molecule has 0 radical (unpaired) electrons. The third-order valence-corrected chi connectivity index (χ3v) is 6.74. The van der Waals surface area contributed by atoms with Gasteiger partial charge in [0.15, 0.2) is 0 Å². The minimum atomic E-state index is -4.37. The van der Waals surface area contributed by atoms with E-state index in [1.165, 1.54) is 6.07 Å². The molecule has 0 spiro atoms. The molecule has 0 aliphatic heterocycles. The Morgan fingerprint density at radius 2 is 1.72 bits per heavy atom. The molecule has 5 nitrogen and oxygen atoms in total. The second kappa shape index (κ2) is 11.4. The first-order valence-corrected chi connectivity index (χ1v) is 12.9. The van der Waals surface area contributed by atoms with E-state index in [4.69, 9.17) is 10.2 Å². The SMILES string of the molecule is Cc1cc(C(F)(F)F)ccc1-c1cc2cn([C@@H](CC(C)C)c3ccc(C=NCCC(=O)O)cc3)nc2cc1C. The fourth-order valence-corrected chi connectivity index (χ4v) is 4.76. The molecule has 1 N–H and O–H groups in total. The zero-order valence-electron chi connectivity index (χ0n) is 22.5. The van der Waals surface area contributed by atoms with Gasteiger partial charge in [0.2, 0.25) is 0 Å². The second-order valence-corrected chi connectivity index (χ2v) is 10.4. The van der Waals surface area contributed by atoms with Crippen molar-refractivity contribution < 1.29 is 23.1 Å². The number of benzene rings is 3. The number of aliphatic imine (C=N–C) groups is 1. The van der Waals surface area contributed by atoms with Gasteiger partial charge in [-0.1, -0.05) is 44.2 Å². The standard InChI is InChI=1S/C31H32F3N3O2/c1-19(2)13-29(23-7-5-22(6-8-23)17-35-12-11-30(38)39)37-18-24-16-27(21(4)15-28(24)36-37)26-10-9-25(14-20(26)3)31(32,33)34/h5-10,14-19,29H,11-13H2,1-4H3,(H,38,39)/t29-/m0/s1. The number of nitrogens with zero attached hydrogens (tertiary/aromatic N) is 3. The number of aromatic nitrogens is 2. The summed E-state index contributed by atoms with van der Waals surface area (Å²) in [4.78, 5) is 14.8. The van der Waals surface area contributed by atoms with Crippen LogP contribution in [0.25, 0.3) is 22.0 Å². The molecule has 39 heavy (non-hydrogen) atoms. The molecule has 0 bridgehead atoms. The lowest BCUT2D eigenvalue weighted by atomic mass is 9.94. The molecule has 1 aromatic heterocycles. The van der Waals surface area contributed by atoms with Gasteiger partial charge in [0.05, 0.1) is 23.5 Å². The molecule has 3 aromatic carbocycles. The van der Waals surface area contributed by atoms with Gasteiger partial charge >= 0.3 is 12.1 Å². The average Bonchev–Trinajstić information content (AvgIpc) is 3.27. The van der Waals surface area contributed by atoms with Crippen LogP contribution >= 0.6 is 0 Å². The molecule has 0 unspecified atom stereocenters. The first-order chi connectivity index (χ1) is 18.4. The van der Waals surface area contributed by atoms with E-state index in [0.717, 1.165) is 51.2 Å². The number of aliphatic carboxylic acids is 1. The van der Waals surface area contributed by atoms with Crippen LogP contribution in [0, 0.1) is 19.8 Å². The summed E-state index contributed by atoms with van der Waals surface area (Å²) in [5.41, 5.74) is 5.35. The summed E-state index contributed by atoms with van der Waals surface area (Å²) in [6.07, 6.45) is 0.174. The highest BCUT2D eigenvalue weighted by Crippen LogP contribution is 2.36. The predicted molar refractivity (Wildman–Crippen MR) is 148 cm³/mol. The normalized spacial score (nSPS) is 13.0. The topological polar surface area (TPSA) is 67.5 Å². The summed E-state index contributed by atoms with van der Waals surface area (Å²) in [5, 5.41) is 14.6. The number of carboxylic acids is 1. The van der Waals surface area contributed by atoms with E-state index in [1.54, 1.807) is 19.2 Å². The Morgan fingerprint density at radius 3 is 2.33 bits per heavy atom. The maximum Gasteiger partial charge on any atom is 0.416 e. The maximum absolute atomic E-state index is 13.2. The smallest absolute Gasteiger partial charge is 0.416 e. The largest absolute Gasteiger partial charge is 0.481 e. The molecule has 0 aliphatic carbocycles. The van der Waals surface area contributed by atoms with Crippen molar-refractivity contribution in [3.63, 3.8) is 0 Å².